The highest BCUT2D eigenvalue weighted by molar-refractivity contribution is 9.10. The Balaban J connectivity index is 2.66. The van der Waals surface area contributed by atoms with Gasteiger partial charge in [-0.3, -0.25) is 0 Å². The molecule has 2 N–H and O–H groups in total. The highest BCUT2D eigenvalue weighted by atomic mass is 79.9. The number of hydrogen-bond acceptors (Lipinski definition) is 3. The minimum absolute atomic E-state index is 0.0481. The predicted molar refractivity (Wildman–Crippen MR) is 56.1 cm³/mol. The van der Waals surface area contributed by atoms with Crippen LogP contribution in [0.1, 0.15) is 32.1 Å². The molecule has 0 spiro atoms. The zero-order valence-electron chi connectivity index (χ0n) is 7.87. The van der Waals surface area contributed by atoms with Gasteiger partial charge >= 0.3 is 0 Å². The fourth-order valence-electron chi connectivity index (χ4n) is 1.13. The number of hydrogen-bond donors (Lipinski definition) is 1. The monoisotopic (exact) mass is 243 g/mol. The van der Waals surface area contributed by atoms with Crippen LogP contribution in [0.4, 0.5) is 0 Å². The lowest BCUT2D eigenvalue weighted by atomic mass is 10.0. The Hall–Kier alpha value is -0.480. The van der Waals surface area contributed by atoms with Crippen LogP contribution >= 0.6 is 15.9 Å². The normalized spacial score (nSPS) is 13.3. The van der Waals surface area contributed by atoms with Gasteiger partial charge in [-0.05, 0) is 28.3 Å². The number of nitrogens with zero attached hydrogens (tertiary/aromatic N) is 2. The van der Waals surface area contributed by atoms with Gasteiger partial charge < -0.3 is 5.73 Å². The smallest absolute Gasteiger partial charge is 0.144 e. The number of nitrogens with two attached hydrogens (primary N) is 1. The van der Waals surface area contributed by atoms with Gasteiger partial charge in [0.05, 0.1) is 10.5 Å². The zero-order valence-corrected chi connectivity index (χ0v) is 9.45. The Bertz CT molecular complexity index is 258. The van der Waals surface area contributed by atoms with Crippen molar-refractivity contribution in [1.29, 1.82) is 0 Å². The molecule has 1 aromatic heterocycles. The van der Waals surface area contributed by atoms with Gasteiger partial charge in [0.1, 0.15) is 5.82 Å². The third-order valence-corrected chi connectivity index (χ3v) is 2.11. The highest BCUT2D eigenvalue weighted by Gasteiger charge is 2.10. The van der Waals surface area contributed by atoms with Crippen molar-refractivity contribution in [3.8, 4) is 0 Å². The molecule has 0 radical (unpaired) electrons. The summed E-state index contributed by atoms with van der Waals surface area (Å²) in [5.74, 6) is 1.29. The summed E-state index contributed by atoms with van der Waals surface area (Å²) in [6.45, 7) is 4.28. The molecule has 0 fully saturated rings. The van der Waals surface area contributed by atoms with Crippen molar-refractivity contribution in [2.45, 2.75) is 26.3 Å². The molecule has 0 saturated carbocycles. The number of rotatable bonds is 3. The van der Waals surface area contributed by atoms with Crippen LogP contribution in [0, 0.1) is 5.92 Å². The maximum Gasteiger partial charge on any atom is 0.144 e. The third-order valence-electron chi connectivity index (χ3n) is 1.70. The van der Waals surface area contributed by atoms with Crippen molar-refractivity contribution in [3.63, 3.8) is 0 Å². The first-order valence-corrected chi connectivity index (χ1v) is 5.12. The van der Waals surface area contributed by atoms with Crippen LogP contribution < -0.4 is 5.73 Å². The lowest BCUT2D eigenvalue weighted by Gasteiger charge is -2.11. The van der Waals surface area contributed by atoms with Crippen molar-refractivity contribution >= 4 is 15.9 Å². The summed E-state index contributed by atoms with van der Waals surface area (Å²) in [6, 6.07) is -0.0481. The van der Waals surface area contributed by atoms with E-state index in [1.807, 2.05) is 0 Å². The van der Waals surface area contributed by atoms with E-state index in [0.717, 1.165) is 16.7 Å². The molecule has 0 aliphatic heterocycles. The molecule has 0 aromatic carbocycles. The second-order valence-electron chi connectivity index (χ2n) is 3.50. The highest BCUT2D eigenvalue weighted by Crippen LogP contribution is 2.15. The van der Waals surface area contributed by atoms with E-state index in [1.54, 1.807) is 12.4 Å². The Morgan fingerprint density at radius 2 is 1.92 bits per heavy atom. The Morgan fingerprint density at radius 3 is 2.38 bits per heavy atom. The summed E-state index contributed by atoms with van der Waals surface area (Å²) in [5, 5.41) is 0. The van der Waals surface area contributed by atoms with Crippen molar-refractivity contribution < 1.29 is 0 Å². The van der Waals surface area contributed by atoms with E-state index in [1.165, 1.54) is 0 Å². The number of halogens is 1. The molecule has 1 atom stereocenters. The molecule has 1 heterocycles. The van der Waals surface area contributed by atoms with E-state index < -0.39 is 0 Å². The van der Waals surface area contributed by atoms with Crippen molar-refractivity contribution in [2.75, 3.05) is 0 Å². The first-order valence-electron chi connectivity index (χ1n) is 4.32. The lowest BCUT2D eigenvalue weighted by Crippen LogP contribution is -2.15. The second-order valence-corrected chi connectivity index (χ2v) is 4.41. The topological polar surface area (TPSA) is 51.8 Å². The second kappa shape index (κ2) is 4.67. The fourth-order valence-corrected chi connectivity index (χ4v) is 1.33. The summed E-state index contributed by atoms with van der Waals surface area (Å²) >= 11 is 3.28. The van der Waals surface area contributed by atoms with Gasteiger partial charge in [-0.15, -0.1) is 0 Å². The molecule has 0 bridgehead atoms. The molecule has 1 aromatic rings. The first kappa shape index (κ1) is 10.6. The Morgan fingerprint density at radius 1 is 1.38 bits per heavy atom. The molecule has 1 rings (SSSR count). The van der Waals surface area contributed by atoms with Crippen LogP contribution in [0.5, 0.6) is 0 Å². The van der Waals surface area contributed by atoms with E-state index in [-0.39, 0.29) is 6.04 Å². The molecule has 3 nitrogen and oxygen atoms in total. The molecule has 0 amide bonds. The zero-order chi connectivity index (χ0) is 9.84. The molecule has 13 heavy (non-hydrogen) atoms. The molecule has 0 saturated heterocycles. The summed E-state index contributed by atoms with van der Waals surface area (Å²) in [4.78, 5) is 8.30. The van der Waals surface area contributed by atoms with Gasteiger partial charge in [0.2, 0.25) is 0 Å². The predicted octanol–water partition coefficient (Wildman–Crippen LogP) is 2.29. The molecule has 1 unspecified atom stereocenters. The SMILES string of the molecule is CC(C)CC(N)c1ncc(Br)cn1. The van der Waals surface area contributed by atoms with Gasteiger partial charge in [-0.1, -0.05) is 13.8 Å². The lowest BCUT2D eigenvalue weighted by molar-refractivity contribution is 0.492. The van der Waals surface area contributed by atoms with Gasteiger partial charge in [0.15, 0.2) is 0 Å². The molecule has 72 valence electrons. The first-order chi connectivity index (χ1) is 6.09. The van der Waals surface area contributed by atoms with E-state index in [4.69, 9.17) is 5.73 Å². The van der Waals surface area contributed by atoms with Crippen molar-refractivity contribution in [1.82, 2.24) is 9.97 Å². The van der Waals surface area contributed by atoms with E-state index in [0.29, 0.717) is 5.92 Å². The summed E-state index contributed by atoms with van der Waals surface area (Å²) in [7, 11) is 0. The molecule has 0 aliphatic carbocycles. The Kier molecular flexibility index (Phi) is 3.81. The van der Waals surface area contributed by atoms with Gasteiger partial charge in [-0.2, -0.15) is 0 Å². The molecule has 0 aliphatic rings. The quantitative estimate of drug-likeness (QED) is 0.887. The summed E-state index contributed by atoms with van der Waals surface area (Å²) < 4.78 is 0.882. The standard InChI is InChI=1S/C9H14BrN3/c1-6(2)3-8(11)9-12-4-7(10)5-13-9/h4-6,8H,3,11H2,1-2H3. The molecular formula is C9H14BrN3. The van der Waals surface area contributed by atoms with Gasteiger partial charge in [-0.25, -0.2) is 9.97 Å². The van der Waals surface area contributed by atoms with Crippen LogP contribution in [-0.2, 0) is 0 Å². The fraction of sp³-hybridized carbons (Fsp3) is 0.556. The van der Waals surface area contributed by atoms with Crippen LogP contribution in [0.15, 0.2) is 16.9 Å². The average Bonchev–Trinajstić information content (AvgIpc) is 2.04. The van der Waals surface area contributed by atoms with Crippen LogP contribution in [0.3, 0.4) is 0 Å². The summed E-state index contributed by atoms with van der Waals surface area (Å²) in [6.07, 6.45) is 4.37. The summed E-state index contributed by atoms with van der Waals surface area (Å²) in [5.41, 5.74) is 5.91. The Labute approximate surface area is 86.9 Å². The third kappa shape index (κ3) is 3.40. The van der Waals surface area contributed by atoms with Crippen molar-refractivity contribution in [3.05, 3.63) is 22.7 Å². The van der Waals surface area contributed by atoms with Crippen molar-refractivity contribution in [2.24, 2.45) is 11.7 Å². The van der Waals surface area contributed by atoms with E-state index >= 15 is 0 Å². The van der Waals surface area contributed by atoms with E-state index in [9.17, 15) is 0 Å². The van der Waals surface area contributed by atoms with E-state index in [2.05, 4.69) is 39.7 Å². The van der Waals surface area contributed by atoms with Gasteiger partial charge in [0.25, 0.3) is 0 Å². The number of aromatic nitrogens is 2. The minimum atomic E-state index is -0.0481. The van der Waals surface area contributed by atoms with Crippen LogP contribution in [-0.4, -0.2) is 9.97 Å². The van der Waals surface area contributed by atoms with Crippen LogP contribution in [0.25, 0.3) is 0 Å². The molecule has 4 heteroatoms. The average molecular weight is 244 g/mol. The van der Waals surface area contributed by atoms with Gasteiger partial charge in [0, 0.05) is 12.4 Å². The maximum absolute atomic E-state index is 5.91. The largest absolute Gasteiger partial charge is 0.321 e. The van der Waals surface area contributed by atoms with Crippen LogP contribution in [0.2, 0.25) is 0 Å². The minimum Gasteiger partial charge on any atom is -0.321 e. The molecular weight excluding hydrogens is 230 g/mol. The maximum atomic E-state index is 5.91.